The first-order valence-electron chi connectivity index (χ1n) is 6.08. The second-order valence-corrected chi connectivity index (χ2v) is 7.09. The molecule has 3 N–H and O–H groups in total. The zero-order chi connectivity index (χ0) is 14.2. The van der Waals surface area contributed by atoms with Crippen molar-refractivity contribution in [3.05, 3.63) is 0 Å². The number of nitrogens with zero attached hydrogens (tertiary/aromatic N) is 1. The Morgan fingerprint density at radius 1 is 1.33 bits per heavy atom. The van der Waals surface area contributed by atoms with E-state index in [2.05, 4.69) is 10.2 Å². The standard InChI is InChI=1S/C11H25N3O3S/c1-14(2)8-5-4-7-13-11(15)10(12)6-9-18(3,16)17/h10H,4-9,12H2,1-3H3,(H,13,15). The summed E-state index contributed by atoms with van der Waals surface area (Å²) in [6.07, 6.45) is 3.20. The van der Waals surface area contributed by atoms with Gasteiger partial charge in [0.2, 0.25) is 5.91 Å². The Kier molecular flexibility index (Phi) is 8.13. The molecular formula is C11H25N3O3S. The van der Waals surface area contributed by atoms with Crippen molar-refractivity contribution < 1.29 is 13.2 Å². The van der Waals surface area contributed by atoms with E-state index in [0.717, 1.165) is 25.6 Å². The van der Waals surface area contributed by atoms with Gasteiger partial charge in [-0.15, -0.1) is 0 Å². The third kappa shape index (κ3) is 10.5. The van der Waals surface area contributed by atoms with E-state index in [9.17, 15) is 13.2 Å². The number of carbonyl (C=O) groups is 1. The molecule has 0 aliphatic rings. The Bertz CT molecular complexity index is 341. The van der Waals surface area contributed by atoms with Crippen molar-refractivity contribution in [3.63, 3.8) is 0 Å². The fraction of sp³-hybridized carbons (Fsp3) is 0.909. The molecule has 108 valence electrons. The van der Waals surface area contributed by atoms with Crippen molar-refractivity contribution in [1.82, 2.24) is 10.2 Å². The molecule has 0 spiro atoms. The maximum Gasteiger partial charge on any atom is 0.236 e. The number of hydrogen-bond donors (Lipinski definition) is 2. The van der Waals surface area contributed by atoms with Crippen LogP contribution in [0, 0.1) is 0 Å². The molecule has 0 aliphatic carbocycles. The number of nitrogens with two attached hydrogens (primary N) is 1. The van der Waals surface area contributed by atoms with Gasteiger partial charge >= 0.3 is 0 Å². The molecule has 0 aromatic rings. The summed E-state index contributed by atoms with van der Waals surface area (Å²) in [6.45, 7) is 1.56. The second-order valence-electron chi connectivity index (χ2n) is 4.83. The number of sulfone groups is 1. The van der Waals surface area contributed by atoms with Crippen molar-refractivity contribution in [1.29, 1.82) is 0 Å². The minimum Gasteiger partial charge on any atom is -0.355 e. The Hall–Kier alpha value is -0.660. The van der Waals surface area contributed by atoms with E-state index in [0.29, 0.717) is 6.54 Å². The van der Waals surface area contributed by atoms with Crippen LogP contribution in [0.1, 0.15) is 19.3 Å². The van der Waals surface area contributed by atoms with Gasteiger partial charge in [-0.05, 0) is 39.9 Å². The molecule has 6 nitrogen and oxygen atoms in total. The van der Waals surface area contributed by atoms with E-state index in [-0.39, 0.29) is 18.1 Å². The highest BCUT2D eigenvalue weighted by molar-refractivity contribution is 7.90. The summed E-state index contributed by atoms with van der Waals surface area (Å²) >= 11 is 0. The SMILES string of the molecule is CN(C)CCCCNC(=O)C(N)CCS(C)(=O)=O. The molecule has 0 aromatic heterocycles. The van der Waals surface area contributed by atoms with Crippen LogP contribution in [0.15, 0.2) is 0 Å². The Morgan fingerprint density at radius 2 is 1.94 bits per heavy atom. The smallest absolute Gasteiger partial charge is 0.236 e. The summed E-state index contributed by atoms with van der Waals surface area (Å²) in [5, 5.41) is 2.72. The molecule has 0 aliphatic heterocycles. The van der Waals surface area contributed by atoms with Crippen molar-refractivity contribution >= 4 is 15.7 Å². The summed E-state index contributed by atoms with van der Waals surface area (Å²) in [4.78, 5) is 13.6. The van der Waals surface area contributed by atoms with Gasteiger partial charge in [-0.1, -0.05) is 0 Å². The van der Waals surface area contributed by atoms with Crippen LogP contribution in [0.2, 0.25) is 0 Å². The molecule has 1 amide bonds. The molecule has 7 heteroatoms. The molecule has 0 saturated carbocycles. The quantitative estimate of drug-likeness (QED) is 0.539. The first-order valence-corrected chi connectivity index (χ1v) is 8.14. The van der Waals surface area contributed by atoms with Gasteiger partial charge in [0.15, 0.2) is 0 Å². The van der Waals surface area contributed by atoms with Crippen LogP contribution in [0.4, 0.5) is 0 Å². The third-order valence-electron chi connectivity index (χ3n) is 2.47. The van der Waals surface area contributed by atoms with E-state index in [1.807, 2.05) is 14.1 Å². The molecular weight excluding hydrogens is 254 g/mol. The number of hydrogen-bond acceptors (Lipinski definition) is 5. The maximum absolute atomic E-state index is 11.5. The highest BCUT2D eigenvalue weighted by atomic mass is 32.2. The fourth-order valence-electron chi connectivity index (χ4n) is 1.37. The molecule has 1 unspecified atom stereocenters. The molecule has 18 heavy (non-hydrogen) atoms. The Morgan fingerprint density at radius 3 is 2.44 bits per heavy atom. The number of carbonyl (C=O) groups excluding carboxylic acids is 1. The van der Waals surface area contributed by atoms with Crippen molar-refractivity contribution in [2.45, 2.75) is 25.3 Å². The van der Waals surface area contributed by atoms with Gasteiger partial charge in [0.1, 0.15) is 9.84 Å². The molecule has 0 aromatic carbocycles. The number of nitrogens with one attached hydrogen (secondary N) is 1. The minimum absolute atomic E-state index is 0.0534. The summed E-state index contributed by atoms with van der Waals surface area (Å²) in [7, 11) is 0.942. The lowest BCUT2D eigenvalue weighted by atomic mass is 10.2. The van der Waals surface area contributed by atoms with Crippen molar-refractivity contribution in [2.75, 3.05) is 39.2 Å². The van der Waals surface area contributed by atoms with Crippen LogP contribution >= 0.6 is 0 Å². The molecule has 0 radical (unpaired) electrons. The first kappa shape index (κ1) is 17.3. The molecule has 0 bridgehead atoms. The monoisotopic (exact) mass is 279 g/mol. The van der Waals surface area contributed by atoms with Gasteiger partial charge in [-0.25, -0.2) is 8.42 Å². The van der Waals surface area contributed by atoms with Gasteiger partial charge in [0.25, 0.3) is 0 Å². The summed E-state index contributed by atoms with van der Waals surface area (Å²) in [5.41, 5.74) is 5.60. The van der Waals surface area contributed by atoms with Crippen LogP contribution in [-0.2, 0) is 14.6 Å². The van der Waals surface area contributed by atoms with E-state index in [4.69, 9.17) is 5.73 Å². The van der Waals surface area contributed by atoms with Gasteiger partial charge in [-0.2, -0.15) is 0 Å². The summed E-state index contributed by atoms with van der Waals surface area (Å²) < 4.78 is 21.9. The summed E-state index contributed by atoms with van der Waals surface area (Å²) in [5.74, 6) is -0.328. The molecule has 0 saturated heterocycles. The topological polar surface area (TPSA) is 92.5 Å². The fourth-order valence-corrected chi connectivity index (χ4v) is 2.05. The zero-order valence-corrected chi connectivity index (χ0v) is 12.3. The lowest BCUT2D eigenvalue weighted by Gasteiger charge is -2.12. The molecule has 0 fully saturated rings. The molecule has 1 atom stereocenters. The van der Waals surface area contributed by atoms with Crippen LogP contribution in [0.25, 0.3) is 0 Å². The minimum atomic E-state index is -3.06. The zero-order valence-electron chi connectivity index (χ0n) is 11.5. The lowest BCUT2D eigenvalue weighted by molar-refractivity contribution is -0.122. The van der Waals surface area contributed by atoms with E-state index in [1.165, 1.54) is 0 Å². The normalized spacial score (nSPS) is 13.6. The van der Waals surface area contributed by atoms with Crippen LogP contribution in [0.5, 0.6) is 0 Å². The van der Waals surface area contributed by atoms with Gasteiger partial charge < -0.3 is 16.0 Å². The first-order chi connectivity index (χ1) is 8.22. The Balaban J connectivity index is 3.69. The van der Waals surface area contributed by atoms with Gasteiger partial charge in [0.05, 0.1) is 11.8 Å². The highest BCUT2D eigenvalue weighted by Crippen LogP contribution is 1.95. The average Bonchev–Trinajstić information content (AvgIpc) is 2.23. The second kappa shape index (κ2) is 8.44. The number of unbranched alkanes of at least 4 members (excludes halogenated alkanes) is 1. The number of amides is 1. The largest absolute Gasteiger partial charge is 0.355 e. The van der Waals surface area contributed by atoms with Crippen LogP contribution < -0.4 is 11.1 Å². The van der Waals surface area contributed by atoms with E-state index >= 15 is 0 Å². The third-order valence-corrected chi connectivity index (χ3v) is 3.45. The van der Waals surface area contributed by atoms with E-state index in [1.54, 1.807) is 0 Å². The van der Waals surface area contributed by atoms with E-state index < -0.39 is 15.9 Å². The Labute approximate surface area is 110 Å². The van der Waals surface area contributed by atoms with Gasteiger partial charge in [-0.3, -0.25) is 4.79 Å². The van der Waals surface area contributed by atoms with Crippen LogP contribution in [-0.4, -0.2) is 64.5 Å². The van der Waals surface area contributed by atoms with Crippen LogP contribution in [0.3, 0.4) is 0 Å². The highest BCUT2D eigenvalue weighted by Gasteiger charge is 2.15. The number of rotatable bonds is 9. The van der Waals surface area contributed by atoms with Gasteiger partial charge in [0, 0.05) is 12.8 Å². The van der Waals surface area contributed by atoms with Crippen molar-refractivity contribution in [3.8, 4) is 0 Å². The molecule has 0 rings (SSSR count). The predicted molar refractivity (Wildman–Crippen MR) is 73.1 cm³/mol. The van der Waals surface area contributed by atoms with Crippen molar-refractivity contribution in [2.24, 2.45) is 5.73 Å². The summed E-state index contributed by atoms with van der Waals surface area (Å²) in [6, 6.07) is -0.742. The predicted octanol–water partition coefficient (Wildman–Crippen LogP) is -0.794. The maximum atomic E-state index is 11.5. The average molecular weight is 279 g/mol. The molecule has 0 heterocycles. The lowest BCUT2D eigenvalue weighted by Crippen LogP contribution is -2.42.